The Morgan fingerprint density at radius 1 is 1.17 bits per heavy atom. The van der Waals surface area contributed by atoms with Gasteiger partial charge in [0, 0.05) is 11.3 Å². The summed E-state index contributed by atoms with van der Waals surface area (Å²) in [6, 6.07) is 10.2. The SMILES string of the molecule is CCCCCC/C=C(\CC=O)Sc1ccccc1. The van der Waals surface area contributed by atoms with E-state index in [0.29, 0.717) is 6.42 Å². The van der Waals surface area contributed by atoms with Gasteiger partial charge in [-0.15, -0.1) is 0 Å². The number of hydrogen-bond donors (Lipinski definition) is 0. The molecule has 0 spiro atoms. The van der Waals surface area contributed by atoms with Crippen molar-refractivity contribution in [3.05, 3.63) is 41.3 Å². The van der Waals surface area contributed by atoms with Gasteiger partial charge in [-0.05, 0) is 29.9 Å². The Morgan fingerprint density at radius 3 is 2.61 bits per heavy atom. The maximum atomic E-state index is 10.7. The Labute approximate surface area is 115 Å². The van der Waals surface area contributed by atoms with Crippen LogP contribution in [0.4, 0.5) is 0 Å². The van der Waals surface area contributed by atoms with Crippen LogP contribution in [0.2, 0.25) is 0 Å². The van der Waals surface area contributed by atoms with Crippen molar-refractivity contribution in [2.24, 2.45) is 0 Å². The fourth-order valence-electron chi connectivity index (χ4n) is 1.72. The van der Waals surface area contributed by atoms with Gasteiger partial charge >= 0.3 is 0 Å². The number of unbranched alkanes of at least 4 members (excludes halogenated alkanes) is 4. The molecule has 0 unspecified atom stereocenters. The van der Waals surface area contributed by atoms with Gasteiger partial charge in [0.15, 0.2) is 0 Å². The first-order valence-electron chi connectivity index (χ1n) is 6.72. The molecule has 0 N–H and O–H groups in total. The summed E-state index contributed by atoms with van der Waals surface area (Å²) >= 11 is 1.71. The van der Waals surface area contributed by atoms with E-state index in [1.807, 2.05) is 18.2 Å². The van der Waals surface area contributed by atoms with E-state index >= 15 is 0 Å². The maximum Gasteiger partial charge on any atom is 0.124 e. The molecule has 18 heavy (non-hydrogen) atoms. The standard InChI is InChI=1S/C16H22OS/c1-2-3-4-5-7-12-16(13-14-17)18-15-10-8-6-9-11-15/h6,8-12,14H,2-5,7,13H2,1H3/b16-12+. The van der Waals surface area contributed by atoms with Crippen molar-refractivity contribution in [1.29, 1.82) is 0 Å². The van der Waals surface area contributed by atoms with Gasteiger partial charge < -0.3 is 4.79 Å². The Balaban J connectivity index is 2.43. The fraction of sp³-hybridized carbons (Fsp3) is 0.438. The van der Waals surface area contributed by atoms with E-state index in [1.54, 1.807) is 11.8 Å². The number of thioether (sulfide) groups is 1. The van der Waals surface area contributed by atoms with E-state index in [4.69, 9.17) is 0 Å². The predicted molar refractivity (Wildman–Crippen MR) is 79.8 cm³/mol. The van der Waals surface area contributed by atoms with Crippen molar-refractivity contribution in [3.63, 3.8) is 0 Å². The van der Waals surface area contributed by atoms with Gasteiger partial charge in [0.05, 0.1) is 0 Å². The van der Waals surface area contributed by atoms with E-state index in [9.17, 15) is 4.79 Å². The molecule has 0 aliphatic rings. The van der Waals surface area contributed by atoms with Crippen molar-refractivity contribution in [2.45, 2.75) is 50.3 Å². The molecule has 0 aliphatic carbocycles. The number of hydrogen-bond acceptors (Lipinski definition) is 2. The highest BCUT2D eigenvalue weighted by atomic mass is 32.2. The van der Waals surface area contributed by atoms with Crippen LogP contribution < -0.4 is 0 Å². The van der Waals surface area contributed by atoms with Crippen LogP contribution in [0.5, 0.6) is 0 Å². The highest BCUT2D eigenvalue weighted by molar-refractivity contribution is 8.03. The molecule has 0 atom stereocenters. The topological polar surface area (TPSA) is 17.1 Å². The first-order chi connectivity index (χ1) is 8.86. The third-order valence-electron chi connectivity index (χ3n) is 2.71. The van der Waals surface area contributed by atoms with Crippen LogP contribution in [0.25, 0.3) is 0 Å². The molecule has 0 amide bonds. The Morgan fingerprint density at radius 2 is 1.94 bits per heavy atom. The van der Waals surface area contributed by atoms with E-state index in [0.717, 1.165) is 12.7 Å². The molecule has 1 aromatic carbocycles. The van der Waals surface area contributed by atoms with Gasteiger partial charge in [0.25, 0.3) is 0 Å². The molecule has 0 saturated carbocycles. The normalized spacial score (nSPS) is 11.5. The molecule has 0 bridgehead atoms. The quantitative estimate of drug-likeness (QED) is 0.345. The zero-order valence-corrected chi connectivity index (χ0v) is 11.9. The molecule has 0 saturated heterocycles. The zero-order valence-electron chi connectivity index (χ0n) is 11.1. The lowest BCUT2D eigenvalue weighted by Crippen LogP contribution is -1.82. The van der Waals surface area contributed by atoms with E-state index in [2.05, 4.69) is 25.1 Å². The minimum atomic E-state index is 0.535. The third kappa shape index (κ3) is 6.65. The molecule has 98 valence electrons. The minimum absolute atomic E-state index is 0.535. The summed E-state index contributed by atoms with van der Waals surface area (Å²) in [7, 11) is 0. The van der Waals surface area contributed by atoms with Crippen molar-refractivity contribution in [2.75, 3.05) is 0 Å². The van der Waals surface area contributed by atoms with Crippen LogP contribution >= 0.6 is 11.8 Å². The second kappa shape index (κ2) is 9.95. The summed E-state index contributed by atoms with van der Waals surface area (Å²) in [6.45, 7) is 2.22. The van der Waals surface area contributed by atoms with Gasteiger partial charge in [-0.25, -0.2) is 0 Å². The lowest BCUT2D eigenvalue weighted by molar-refractivity contribution is -0.107. The van der Waals surface area contributed by atoms with Crippen molar-refractivity contribution < 1.29 is 4.79 Å². The predicted octanol–water partition coefficient (Wildman–Crippen LogP) is 5.22. The summed E-state index contributed by atoms with van der Waals surface area (Å²) in [5.41, 5.74) is 0. The number of aldehydes is 1. The van der Waals surface area contributed by atoms with E-state index < -0.39 is 0 Å². The molecule has 2 heteroatoms. The summed E-state index contributed by atoms with van der Waals surface area (Å²) in [5, 5.41) is 0. The second-order valence-electron chi connectivity index (χ2n) is 4.31. The highest BCUT2D eigenvalue weighted by Gasteiger charge is 1.99. The Bertz CT molecular complexity index is 357. The molecule has 0 radical (unpaired) electrons. The monoisotopic (exact) mass is 262 g/mol. The first-order valence-corrected chi connectivity index (χ1v) is 7.54. The Hall–Kier alpha value is -1.02. The Kier molecular flexibility index (Phi) is 8.32. The van der Waals surface area contributed by atoms with Crippen LogP contribution in [0, 0.1) is 0 Å². The average Bonchev–Trinajstić information content (AvgIpc) is 2.40. The molecule has 0 fully saturated rings. The number of rotatable bonds is 9. The molecule has 1 rings (SSSR count). The van der Waals surface area contributed by atoms with Crippen molar-refractivity contribution in [3.8, 4) is 0 Å². The van der Waals surface area contributed by atoms with Gasteiger partial charge in [-0.3, -0.25) is 0 Å². The first kappa shape index (κ1) is 15.0. The summed E-state index contributed by atoms with van der Waals surface area (Å²) in [4.78, 5) is 13.1. The third-order valence-corrected chi connectivity index (χ3v) is 3.81. The van der Waals surface area contributed by atoms with Crippen LogP contribution in [0.1, 0.15) is 45.4 Å². The van der Waals surface area contributed by atoms with Crippen LogP contribution in [0.15, 0.2) is 46.2 Å². The largest absolute Gasteiger partial charge is 0.303 e. The second-order valence-corrected chi connectivity index (χ2v) is 5.51. The fourth-order valence-corrected chi connectivity index (χ4v) is 2.67. The number of benzene rings is 1. The summed E-state index contributed by atoms with van der Waals surface area (Å²) in [5.74, 6) is 0. The summed E-state index contributed by atoms with van der Waals surface area (Å²) < 4.78 is 0. The molecule has 0 aliphatic heterocycles. The smallest absolute Gasteiger partial charge is 0.124 e. The summed E-state index contributed by atoms with van der Waals surface area (Å²) in [6.07, 6.45) is 9.93. The molecule has 1 aromatic rings. The van der Waals surface area contributed by atoms with Crippen molar-refractivity contribution >= 4 is 18.0 Å². The van der Waals surface area contributed by atoms with Gasteiger partial charge in [0.2, 0.25) is 0 Å². The van der Waals surface area contributed by atoms with Gasteiger partial charge in [-0.2, -0.15) is 0 Å². The molecule has 1 nitrogen and oxygen atoms in total. The van der Waals surface area contributed by atoms with Crippen LogP contribution in [-0.4, -0.2) is 6.29 Å². The minimum Gasteiger partial charge on any atom is -0.303 e. The maximum absolute atomic E-state index is 10.7. The molecular weight excluding hydrogens is 240 g/mol. The molecular formula is C16H22OS. The van der Waals surface area contributed by atoms with E-state index in [-0.39, 0.29) is 0 Å². The lowest BCUT2D eigenvalue weighted by atomic mass is 10.1. The van der Waals surface area contributed by atoms with E-state index in [1.165, 1.54) is 35.5 Å². The van der Waals surface area contributed by atoms with Crippen molar-refractivity contribution in [1.82, 2.24) is 0 Å². The van der Waals surface area contributed by atoms with Gasteiger partial charge in [0.1, 0.15) is 6.29 Å². The average molecular weight is 262 g/mol. The zero-order chi connectivity index (χ0) is 13.1. The van der Waals surface area contributed by atoms with Gasteiger partial charge in [-0.1, -0.05) is 62.2 Å². The molecule has 0 heterocycles. The highest BCUT2D eigenvalue weighted by Crippen LogP contribution is 2.28. The number of carbonyl (C=O) groups is 1. The lowest BCUT2D eigenvalue weighted by Gasteiger charge is -2.04. The number of allylic oxidation sites excluding steroid dienone is 2. The van der Waals surface area contributed by atoms with Crippen LogP contribution in [0.3, 0.4) is 0 Å². The number of carbonyl (C=O) groups excluding carboxylic acids is 1. The molecule has 0 aromatic heterocycles. The van der Waals surface area contributed by atoms with Crippen LogP contribution in [-0.2, 0) is 4.79 Å².